The van der Waals surface area contributed by atoms with Crippen molar-refractivity contribution in [2.75, 3.05) is 6.61 Å². The normalized spacial score (nSPS) is 13.5. The monoisotopic (exact) mass is 457 g/mol. The van der Waals surface area contributed by atoms with E-state index in [9.17, 15) is 14.7 Å². The second-order valence-electron chi connectivity index (χ2n) is 8.43. The van der Waals surface area contributed by atoms with Crippen molar-refractivity contribution >= 4 is 33.5 Å². The summed E-state index contributed by atoms with van der Waals surface area (Å²) in [6, 6.07) is 22.2. The highest BCUT2D eigenvalue weighted by Gasteiger charge is 2.30. The van der Waals surface area contributed by atoms with Gasteiger partial charge in [-0.05, 0) is 46.9 Å². The van der Waals surface area contributed by atoms with Gasteiger partial charge in [-0.2, -0.15) is 0 Å². The molecule has 5 nitrogen and oxygen atoms in total. The van der Waals surface area contributed by atoms with Crippen LogP contribution in [0.5, 0.6) is 0 Å². The van der Waals surface area contributed by atoms with Crippen LogP contribution in [0, 0.1) is 12.8 Å². The molecule has 0 saturated carbocycles. The average molecular weight is 458 g/mol. The van der Waals surface area contributed by atoms with Gasteiger partial charge in [-0.25, -0.2) is 4.98 Å². The van der Waals surface area contributed by atoms with Crippen LogP contribution < -0.4 is 0 Å². The zero-order valence-electron chi connectivity index (χ0n) is 18.2. The molecule has 1 aromatic heterocycles. The van der Waals surface area contributed by atoms with Crippen molar-refractivity contribution in [3.8, 4) is 11.1 Å². The smallest absolute Gasteiger partial charge is 0.307 e. The summed E-state index contributed by atoms with van der Waals surface area (Å²) in [5, 5.41) is 10.4. The second-order valence-corrected chi connectivity index (χ2v) is 9.55. The van der Waals surface area contributed by atoms with Crippen LogP contribution in [0.3, 0.4) is 0 Å². The van der Waals surface area contributed by atoms with Crippen LogP contribution in [0.2, 0.25) is 0 Å². The fourth-order valence-electron chi connectivity index (χ4n) is 4.50. The molecule has 1 heterocycles. The van der Waals surface area contributed by atoms with Crippen LogP contribution in [0.4, 0.5) is 0 Å². The Kier molecular flexibility index (Phi) is 5.68. The highest BCUT2D eigenvalue weighted by molar-refractivity contribution is 7.18. The van der Waals surface area contributed by atoms with Crippen LogP contribution in [0.25, 0.3) is 21.3 Å². The van der Waals surface area contributed by atoms with E-state index < -0.39 is 17.9 Å². The maximum Gasteiger partial charge on any atom is 0.307 e. The van der Waals surface area contributed by atoms with Crippen molar-refractivity contribution in [3.63, 3.8) is 0 Å². The molecule has 6 heteroatoms. The molecule has 1 atom stereocenters. The van der Waals surface area contributed by atoms with E-state index >= 15 is 0 Å². The first kappa shape index (κ1) is 21.3. The van der Waals surface area contributed by atoms with Gasteiger partial charge in [0.15, 0.2) is 0 Å². The van der Waals surface area contributed by atoms with Crippen molar-refractivity contribution in [2.24, 2.45) is 5.92 Å². The van der Waals surface area contributed by atoms with Crippen LogP contribution in [-0.2, 0) is 20.7 Å². The molecule has 1 aliphatic carbocycles. The summed E-state index contributed by atoms with van der Waals surface area (Å²) in [5.41, 5.74) is 6.56. The molecule has 0 radical (unpaired) electrons. The summed E-state index contributed by atoms with van der Waals surface area (Å²) in [6.07, 6.45) is 0.0260. The number of ether oxygens (including phenoxy) is 1. The number of hydrogen-bond acceptors (Lipinski definition) is 5. The Morgan fingerprint density at radius 1 is 1.03 bits per heavy atom. The van der Waals surface area contributed by atoms with Gasteiger partial charge >= 0.3 is 11.9 Å². The number of benzene rings is 3. The van der Waals surface area contributed by atoms with E-state index in [-0.39, 0.29) is 25.4 Å². The molecule has 0 amide bonds. The minimum atomic E-state index is -1.01. The van der Waals surface area contributed by atoms with E-state index in [4.69, 9.17) is 4.74 Å². The minimum absolute atomic E-state index is 0.0443. The molecule has 1 aliphatic rings. The maximum absolute atomic E-state index is 12.6. The summed E-state index contributed by atoms with van der Waals surface area (Å²) >= 11 is 1.48. The van der Waals surface area contributed by atoms with Gasteiger partial charge in [0.05, 0.1) is 27.6 Å². The fourth-order valence-corrected chi connectivity index (χ4v) is 5.65. The number of nitrogens with zero attached hydrogens (tertiary/aromatic N) is 1. The zero-order chi connectivity index (χ0) is 22.9. The SMILES string of the molecule is Cc1ccc2nc(C[C@H](CC(=O)OCC3c4ccccc4-c4ccccc43)C(=O)O)sc2c1. The molecule has 0 saturated heterocycles. The van der Waals surface area contributed by atoms with Crippen molar-refractivity contribution in [2.45, 2.75) is 25.7 Å². The van der Waals surface area contributed by atoms with Crippen molar-refractivity contribution < 1.29 is 19.4 Å². The fraction of sp³-hybridized carbons (Fsp3) is 0.222. The highest BCUT2D eigenvalue weighted by atomic mass is 32.1. The van der Waals surface area contributed by atoms with Gasteiger partial charge < -0.3 is 9.84 Å². The molecule has 0 aliphatic heterocycles. The molecule has 5 rings (SSSR count). The van der Waals surface area contributed by atoms with E-state index in [1.807, 2.05) is 49.4 Å². The Morgan fingerprint density at radius 2 is 1.70 bits per heavy atom. The van der Waals surface area contributed by atoms with Crippen molar-refractivity contribution in [3.05, 3.63) is 88.4 Å². The third-order valence-electron chi connectivity index (χ3n) is 6.15. The van der Waals surface area contributed by atoms with Gasteiger partial charge in [0.25, 0.3) is 0 Å². The molecule has 0 spiro atoms. The summed E-state index contributed by atoms with van der Waals surface area (Å²) in [6.45, 7) is 2.20. The topological polar surface area (TPSA) is 76.5 Å². The summed E-state index contributed by atoms with van der Waals surface area (Å²) < 4.78 is 6.64. The van der Waals surface area contributed by atoms with Crippen LogP contribution in [0.1, 0.15) is 34.0 Å². The first-order valence-electron chi connectivity index (χ1n) is 10.9. The number of carboxylic acid groups (broad SMARTS) is 1. The predicted octanol–water partition coefficient (Wildman–Crippen LogP) is 5.59. The largest absolute Gasteiger partial charge is 0.481 e. The quantitative estimate of drug-likeness (QED) is 0.366. The molecule has 33 heavy (non-hydrogen) atoms. The molecular formula is C27H23NO4S. The lowest BCUT2D eigenvalue weighted by molar-refractivity contribution is -0.151. The van der Waals surface area contributed by atoms with E-state index in [2.05, 4.69) is 29.2 Å². The van der Waals surface area contributed by atoms with Crippen LogP contribution >= 0.6 is 11.3 Å². The molecular weight excluding hydrogens is 434 g/mol. The Morgan fingerprint density at radius 3 is 2.36 bits per heavy atom. The lowest BCUT2D eigenvalue weighted by Gasteiger charge is -2.15. The molecule has 1 N–H and O–H groups in total. The summed E-state index contributed by atoms with van der Waals surface area (Å²) in [7, 11) is 0. The Bertz CT molecular complexity index is 1310. The average Bonchev–Trinajstić information content (AvgIpc) is 3.35. The zero-order valence-corrected chi connectivity index (χ0v) is 19.0. The molecule has 0 unspecified atom stereocenters. The number of aryl methyl sites for hydroxylation is 1. The number of carbonyl (C=O) groups is 2. The Hall–Kier alpha value is -3.51. The first-order valence-corrected chi connectivity index (χ1v) is 11.7. The van der Waals surface area contributed by atoms with Gasteiger partial charge in [-0.1, -0.05) is 54.6 Å². The minimum Gasteiger partial charge on any atom is -0.481 e. The lowest BCUT2D eigenvalue weighted by Crippen LogP contribution is -2.22. The number of hydrogen-bond donors (Lipinski definition) is 1. The van der Waals surface area contributed by atoms with Gasteiger partial charge in [-0.3, -0.25) is 9.59 Å². The number of fused-ring (bicyclic) bond motifs is 4. The number of aromatic nitrogens is 1. The third kappa shape index (κ3) is 4.26. The first-order chi connectivity index (χ1) is 16.0. The number of carbonyl (C=O) groups excluding carboxylic acids is 1. The second kappa shape index (κ2) is 8.79. The number of aliphatic carboxylic acids is 1. The number of rotatable bonds is 7. The van der Waals surface area contributed by atoms with Gasteiger partial charge in [0, 0.05) is 12.3 Å². The molecule has 166 valence electrons. The van der Waals surface area contributed by atoms with Gasteiger partial charge in [-0.15, -0.1) is 11.3 Å². The Balaban J connectivity index is 1.27. The van der Waals surface area contributed by atoms with Crippen LogP contribution in [-0.4, -0.2) is 28.6 Å². The standard InChI is InChI=1S/C27H23NO4S/c1-16-10-11-23-24(12-16)33-25(28-23)13-17(27(30)31)14-26(29)32-15-22-20-8-4-2-6-18(20)19-7-3-5-9-21(19)22/h2-12,17,22H,13-15H2,1H3,(H,30,31)/t17-/m1/s1. The number of thiazole rings is 1. The van der Waals surface area contributed by atoms with E-state index in [0.717, 1.165) is 43.0 Å². The van der Waals surface area contributed by atoms with Crippen LogP contribution in [0.15, 0.2) is 66.7 Å². The summed E-state index contributed by atoms with van der Waals surface area (Å²) in [5.74, 6) is -2.43. The van der Waals surface area contributed by atoms with Crippen molar-refractivity contribution in [1.29, 1.82) is 0 Å². The molecule has 3 aromatic carbocycles. The highest BCUT2D eigenvalue weighted by Crippen LogP contribution is 2.44. The number of carboxylic acids is 1. The maximum atomic E-state index is 12.6. The van der Waals surface area contributed by atoms with E-state index in [1.165, 1.54) is 11.3 Å². The Labute approximate surface area is 195 Å². The third-order valence-corrected chi connectivity index (χ3v) is 7.19. The van der Waals surface area contributed by atoms with Gasteiger partial charge in [0.2, 0.25) is 0 Å². The van der Waals surface area contributed by atoms with Gasteiger partial charge in [0.1, 0.15) is 6.61 Å². The van der Waals surface area contributed by atoms with E-state index in [0.29, 0.717) is 0 Å². The molecule has 0 bridgehead atoms. The summed E-state index contributed by atoms with van der Waals surface area (Å²) in [4.78, 5) is 29.1. The molecule has 0 fully saturated rings. The molecule has 4 aromatic rings. The lowest BCUT2D eigenvalue weighted by atomic mass is 9.98. The van der Waals surface area contributed by atoms with Crippen molar-refractivity contribution in [1.82, 2.24) is 4.98 Å². The number of esters is 1. The predicted molar refractivity (Wildman–Crippen MR) is 128 cm³/mol. The van der Waals surface area contributed by atoms with E-state index in [1.54, 1.807) is 0 Å².